The molecule has 8 nitrogen and oxygen atoms in total. The normalized spacial score (nSPS) is 16.0. The average molecular weight is 416 g/mol. The fourth-order valence-corrected chi connectivity index (χ4v) is 3.83. The summed E-state index contributed by atoms with van der Waals surface area (Å²) in [4.78, 5) is 9.44. The lowest BCUT2D eigenvalue weighted by molar-refractivity contribution is 0.120. The van der Waals surface area contributed by atoms with Gasteiger partial charge in [0.1, 0.15) is 11.6 Å². The molecule has 1 aliphatic rings. The summed E-state index contributed by atoms with van der Waals surface area (Å²) in [6.07, 6.45) is 2.31. The van der Waals surface area contributed by atoms with Crippen LogP contribution in [-0.2, 0) is 4.74 Å². The van der Waals surface area contributed by atoms with Crippen LogP contribution in [0.4, 0.5) is 11.8 Å². The highest BCUT2D eigenvalue weighted by Gasteiger charge is 2.20. The second kappa shape index (κ2) is 8.23. The molecule has 1 fully saturated rings. The monoisotopic (exact) mass is 416 g/mol. The second-order valence-electron chi connectivity index (χ2n) is 7.47. The Kier molecular flexibility index (Phi) is 5.13. The zero-order chi connectivity index (χ0) is 21.2. The first-order valence-corrected chi connectivity index (χ1v) is 10.3. The Morgan fingerprint density at radius 3 is 2.65 bits per heavy atom. The minimum absolute atomic E-state index is 0.182. The first-order valence-electron chi connectivity index (χ1n) is 10.3. The average Bonchev–Trinajstić information content (AvgIpc) is 3.46. The van der Waals surface area contributed by atoms with Gasteiger partial charge < -0.3 is 20.5 Å². The van der Waals surface area contributed by atoms with Crippen molar-refractivity contribution in [3.05, 3.63) is 54.6 Å². The molecule has 0 amide bonds. The standard InChI is InChI=1S/C23H24N6O2/c1-30-17-11-9-16(10-12-17)29-21(24)19-20(15-6-3-2-4-7-15)26-23(27-22(19)28-29)25-14-18-8-5-13-31-18/h2-4,6-7,9-12,18H,5,8,13-14,24H2,1H3,(H,25,27,28). The highest BCUT2D eigenvalue weighted by atomic mass is 16.5. The number of nitrogen functional groups attached to an aromatic ring is 1. The van der Waals surface area contributed by atoms with Crippen LogP contribution in [0.5, 0.6) is 5.75 Å². The van der Waals surface area contributed by atoms with E-state index in [1.54, 1.807) is 11.8 Å². The van der Waals surface area contributed by atoms with Crippen molar-refractivity contribution in [2.75, 3.05) is 31.3 Å². The molecule has 5 rings (SSSR count). The summed E-state index contributed by atoms with van der Waals surface area (Å²) in [5, 5.41) is 8.74. The largest absolute Gasteiger partial charge is 0.497 e. The number of aromatic nitrogens is 4. The van der Waals surface area contributed by atoms with Crippen molar-refractivity contribution < 1.29 is 9.47 Å². The van der Waals surface area contributed by atoms with Gasteiger partial charge in [-0.3, -0.25) is 0 Å². The number of nitrogens with zero attached hydrogens (tertiary/aromatic N) is 4. The SMILES string of the molecule is COc1ccc(-n2nc3nc(NCC4CCCO4)nc(-c4ccccc4)c3c2N)cc1. The third-order valence-corrected chi connectivity index (χ3v) is 5.45. The Hall–Kier alpha value is -3.65. The summed E-state index contributed by atoms with van der Waals surface area (Å²) in [6.45, 7) is 1.47. The van der Waals surface area contributed by atoms with Gasteiger partial charge in [-0.25, -0.2) is 9.67 Å². The van der Waals surface area contributed by atoms with Crippen LogP contribution in [0.25, 0.3) is 28.0 Å². The number of anilines is 2. The number of nitrogens with one attached hydrogen (secondary N) is 1. The van der Waals surface area contributed by atoms with Gasteiger partial charge in [0.2, 0.25) is 5.95 Å². The highest BCUT2D eigenvalue weighted by molar-refractivity contribution is 5.99. The number of methoxy groups -OCH3 is 1. The molecule has 4 aromatic rings. The van der Waals surface area contributed by atoms with Crippen molar-refractivity contribution in [1.29, 1.82) is 0 Å². The third kappa shape index (κ3) is 3.77. The van der Waals surface area contributed by atoms with Gasteiger partial charge >= 0.3 is 0 Å². The van der Waals surface area contributed by atoms with Gasteiger partial charge in [0, 0.05) is 18.7 Å². The summed E-state index contributed by atoms with van der Waals surface area (Å²) in [5.74, 6) is 1.77. The van der Waals surface area contributed by atoms with Gasteiger partial charge in [-0.05, 0) is 37.1 Å². The lowest BCUT2D eigenvalue weighted by atomic mass is 10.1. The maximum absolute atomic E-state index is 6.55. The fraction of sp³-hybridized carbons (Fsp3) is 0.261. The minimum Gasteiger partial charge on any atom is -0.497 e. The van der Waals surface area contributed by atoms with Crippen LogP contribution < -0.4 is 15.8 Å². The molecule has 1 atom stereocenters. The van der Waals surface area contributed by atoms with Gasteiger partial charge in [-0.1, -0.05) is 30.3 Å². The molecule has 1 unspecified atom stereocenters. The maximum atomic E-state index is 6.55. The van der Waals surface area contributed by atoms with Crippen molar-refractivity contribution in [1.82, 2.24) is 19.7 Å². The first-order chi connectivity index (χ1) is 15.2. The molecule has 1 aliphatic heterocycles. The Bertz CT molecular complexity index is 1180. The number of fused-ring (bicyclic) bond motifs is 1. The van der Waals surface area contributed by atoms with Crippen LogP contribution in [0.3, 0.4) is 0 Å². The van der Waals surface area contributed by atoms with Crippen LogP contribution in [0, 0.1) is 0 Å². The number of ether oxygens (including phenoxy) is 2. The zero-order valence-corrected chi connectivity index (χ0v) is 17.3. The molecule has 158 valence electrons. The first kappa shape index (κ1) is 19.3. The predicted molar refractivity (Wildman–Crippen MR) is 121 cm³/mol. The van der Waals surface area contributed by atoms with E-state index in [9.17, 15) is 0 Å². The lowest BCUT2D eigenvalue weighted by Gasteiger charge is -2.12. The van der Waals surface area contributed by atoms with E-state index in [4.69, 9.17) is 25.3 Å². The molecular formula is C23H24N6O2. The second-order valence-corrected chi connectivity index (χ2v) is 7.47. The Morgan fingerprint density at radius 2 is 1.94 bits per heavy atom. The lowest BCUT2D eigenvalue weighted by Crippen LogP contribution is -2.19. The van der Waals surface area contributed by atoms with Crippen molar-refractivity contribution >= 4 is 22.8 Å². The number of nitrogens with two attached hydrogens (primary N) is 1. The Morgan fingerprint density at radius 1 is 1.13 bits per heavy atom. The molecule has 0 radical (unpaired) electrons. The quantitative estimate of drug-likeness (QED) is 0.495. The molecule has 8 heteroatoms. The molecule has 0 spiro atoms. The van der Waals surface area contributed by atoms with E-state index >= 15 is 0 Å². The summed E-state index contributed by atoms with van der Waals surface area (Å²) >= 11 is 0. The maximum Gasteiger partial charge on any atom is 0.225 e. The Labute approximate surface area is 180 Å². The van der Waals surface area contributed by atoms with Gasteiger partial charge in [-0.2, -0.15) is 4.98 Å². The van der Waals surface area contributed by atoms with Crippen LogP contribution >= 0.6 is 0 Å². The van der Waals surface area contributed by atoms with Crippen molar-refractivity contribution in [3.63, 3.8) is 0 Å². The number of hydrogen-bond donors (Lipinski definition) is 2. The fourth-order valence-electron chi connectivity index (χ4n) is 3.83. The van der Waals surface area contributed by atoms with Crippen molar-refractivity contribution in [2.24, 2.45) is 0 Å². The number of hydrogen-bond acceptors (Lipinski definition) is 7. The van der Waals surface area contributed by atoms with E-state index in [1.165, 1.54) is 0 Å². The number of rotatable bonds is 6. The number of benzene rings is 2. The molecule has 0 aliphatic carbocycles. The molecule has 31 heavy (non-hydrogen) atoms. The molecule has 0 bridgehead atoms. The third-order valence-electron chi connectivity index (χ3n) is 5.45. The molecule has 3 N–H and O–H groups in total. The summed E-state index contributed by atoms with van der Waals surface area (Å²) < 4.78 is 12.7. The summed E-state index contributed by atoms with van der Waals surface area (Å²) in [6, 6.07) is 17.5. The van der Waals surface area contributed by atoms with E-state index in [1.807, 2.05) is 54.6 Å². The summed E-state index contributed by atoms with van der Waals surface area (Å²) in [5.41, 5.74) is 9.62. The molecule has 2 aromatic heterocycles. The van der Waals surface area contributed by atoms with Crippen LogP contribution in [-0.4, -0.2) is 46.1 Å². The van der Waals surface area contributed by atoms with Gasteiger partial charge in [0.05, 0.1) is 30.0 Å². The van der Waals surface area contributed by atoms with E-state index in [-0.39, 0.29) is 6.10 Å². The minimum atomic E-state index is 0.182. The van der Waals surface area contributed by atoms with Crippen LogP contribution in [0.15, 0.2) is 54.6 Å². The topological polar surface area (TPSA) is 100 Å². The molecule has 1 saturated heterocycles. The van der Waals surface area contributed by atoms with Gasteiger partial charge in [-0.15, -0.1) is 5.10 Å². The van der Waals surface area contributed by atoms with Crippen LogP contribution in [0.1, 0.15) is 12.8 Å². The van der Waals surface area contributed by atoms with E-state index in [0.29, 0.717) is 24.0 Å². The molecule has 3 heterocycles. The van der Waals surface area contributed by atoms with Crippen molar-refractivity contribution in [2.45, 2.75) is 18.9 Å². The van der Waals surface area contributed by atoms with Crippen molar-refractivity contribution in [3.8, 4) is 22.7 Å². The van der Waals surface area contributed by atoms with E-state index in [0.717, 1.165) is 47.5 Å². The summed E-state index contributed by atoms with van der Waals surface area (Å²) in [7, 11) is 1.64. The predicted octanol–water partition coefficient (Wildman–Crippen LogP) is 3.66. The van der Waals surface area contributed by atoms with Gasteiger partial charge in [0.25, 0.3) is 0 Å². The van der Waals surface area contributed by atoms with Gasteiger partial charge in [0.15, 0.2) is 5.65 Å². The highest BCUT2D eigenvalue weighted by Crippen LogP contribution is 2.33. The van der Waals surface area contributed by atoms with E-state index in [2.05, 4.69) is 10.3 Å². The Balaban J connectivity index is 1.60. The molecule has 2 aromatic carbocycles. The smallest absolute Gasteiger partial charge is 0.225 e. The zero-order valence-electron chi connectivity index (χ0n) is 17.3. The van der Waals surface area contributed by atoms with Crippen LogP contribution in [0.2, 0.25) is 0 Å². The molecule has 0 saturated carbocycles. The van der Waals surface area contributed by atoms with E-state index < -0.39 is 0 Å². The molecular weight excluding hydrogens is 392 g/mol.